The molecule has 2 rings (SSSR count). The zero-order valence-electron chi connectivity index (χ0n) is 13.3. The molecule has 1 aliphatic heterocycles. The van der Waals surface area contributed by atoms with Gasteiger partial charge in [-0.3, -0.25) is 4.79 Å². The topological polar surface area (TPSA) is 62.5 Å². The third-order valence-corrected chi connectivity index (χ3v) is 5.17. The van der Waals surface area contributed by atoms with Crippen LogP contribution in [0.3, 0.4) is 0 Å². The zero-order valence-corrected chi connectivity index (χ0v) is 14.1. The first-order valence-electron chi connectivity index (χ1n) is 7.83. The highest BCUT2D eigenvalue weighted by Gasteiger charge is 2.29. The molecule has 6 heteroatoms. The average molecular weight is 310 g/mol. The van der Waals surface area contributed by atoms with E-state index in [4.69, 9.17) is 5.73 Å². The van der Waals surface area contributed by atoms with Crippen molar-refractivity contribution in [3.63, 3.8) is 0 Å². The molecule has 1 unspecified atom stereocenters. The van der Waals surface area contributed by atoms with Crippen LogP contribution in [0.5, 0.6) is 0 Å². The van der Waals surface area contributed by atoms with E-state index >= 15 is 0 Å². The lowest BCUT2D eigenvalue weighted by Crippen LogP contribution is -2.28. The van der Waals surface area contributed by atoms with E-state index in [-0.39, 0.29) is 5.91 Å². The van der Waals surface area contributed by atoms with E-state index in [2.05, 4.69) is 23.7 Å². The normalized spacial score (nSPS) is 18.2. The number of nitrogens with zero attached hydrogens (tertiary/aromatic N) is 3. The Hall–Kier alpha value is -1.30. The molecule has 1 aromatic heterocycles. The SMILES string of the molecule is CCCC1CCN(C(=O)c2sc(N(C)CCC)nc2N)C1. The van der Waals surface area contributed by atoms with E-state index in [0.717, 1.165) is 37.6 Å². The molecule has 118 valence electrons. The minimum Gasteiger partial charge on any atom is -0.382 e. The first kappa shape index (κ1) is 16.1. The molecule has 0 radical (unpaired) electrons. The van der Waals surface area contributed by atoms with E-state index in [1.165, 1.54) is 24.2 Å². The van der Waals surface area contributed by atoms with E-state index in [1.807, 2.05) is 11.9 Å². The molecule has 0 spiro atoms. The van der Waals surface area contributed by atoms with Crippen LogP contribution in [0.15, 0.2) is 0 Å². The molecule has 1 saturated heterocycles. The summed E-state index contributed by atoms with van der Waals surface area (Å²) in [6.07, 6.45) is 4.54. The zero-order chi connectivity index (χ0) is 15.4. The molecule has 1 aliphatic rings. The summed E-state index contributed by atoms with van der Waals surface area (Å²) in [4.78, 5) is 21.6. The first-order chi connectivity index (χ1) is 10.1. The standard InChI is InChI=1S/C15H26N4OS/c1-4-6-11-7-9-19(10-11)14(20)12-13(16)17-15(21-12)18(3)8-5-2/h11H,4-10,16H2,1-3H3. The van der Waals surface area contributed by atoms with Gasteiger partial charge in [0.15, 0.2) is 5.13 Å². The van der Waals surface area contributed by atoms with Gasteiger partial charge in [0.2, 0.25) is 0 Å². The van der Waals surface area contributed by atoms with Gasteiger partial charge in [-0.05, 0) is 25.2 Å². The van der Waals surface area contributed by atoms with Crippen LogP contribution >= 0.6 is 11.3 Å². The molecule has 2 heterocycles. The van der Waals surface area contributed by atoms with Gasteiger partial charge in [0.1, 0.15) is 10.7 Å². The maximum absolute atomic E-state index is 12.6. The molecule has 0 aromatic carbocycles. The van der Waals surface area contributed by atoms with Crippen LogP contribution in [0.1, 0.15) is 49.2 Å². The lowest BCUT2D eigenvalue weighted by Gasteiger charge is -2.15. The van der Waals surface area contributed by atoms with Gasteiger partial charge in [-0.15, -0.1) is 0 Å². The lowest BCUT2D eigenvalue weighted by molar-refractivity contribution is 0.0792. The van der Waals surface area contributed by atoms with E-state index in [1.54, 1.807) is 0 Å². The molecule has 0 aliphatic carbocycles. The van der Waals surface area contributed by atoms with Crippen molar-refractivity contribution >= 4 is 28.2 Å². The summed E-state index contributed by atoms with van der Waals surface area (Å²) < 4.78 is 0. The number of carbonyl (C=O) groups excluding carboxylic acids is 1. The molecule has 1 aromatic rings. The van der Waals surface area contributed by atoms with E-state index in [0.29, 0.717) is 16.6 Å². The molecule has 1 fully saturated rings. The van der Waals surface area contributed by atoms with Crippen LogP contribution in [-0.2, 0) is 0 Å². The lowest BCUT2D eigenvalue weighted by atomic mass is 10.0. The Labute approximate surface area is 131 Å². The second kappa shape index (κ2) is 7.11. The number of aromatic nitrogens is 1. The predicted molar refractivity (Wildman–Crippen MR) is 89.0 cm³/mol. The van der Waals surface area contributed by atoms with Crippen molar-refractivity contribution in [2.75, 3.05) is 37.3 Å². The summed E-state index contributed by atoms with van der Waals surface area (Å²) in [5.74, 6) is 1.08. The molecule has 5 nitrogen and oxygen atoms in total. The number of nitrogen functional groups attached to an aromatic ring is 1. The third-order valence-electron chi connectivity index (χ3n) is 3.99. The molecule has 21 heavy (non-hydrogen) atoms. The van der Waals surface area contributed by atoms with E-state index in [9.17, 15) is 4.79 Å². The Bertz CT molecular complexity index is 488. The Morgan fingerprint density at radius 1 is 1.48 bits per heavy atom. The third kappa shape index (κ3) is 3.67. The van der Waals surface area contributed by atoms with Crippen LogP contribution in [0.25, 0.3) is 0 Å². The van der Waals surface area contributed by atoms with Crippen molar-refractivity contribution in [1.82, 2.24) is 9.88 Å². The van der Waals surface area contributed by atoms with Gasteiger partial charge in [0, 0.05) is 26.7 Å². The highest BCUT2D eigenvalue weighted by Crippen LogP contribution is 2.31. The number of rotatable bonds is 6. The number of carbonyl (C=O) groups is 1. The van der Waals surface area contributed by atoms with Gasteiger partial charge in [-0.25, -0.2) is 4.98 Å². The highest BCUT2D eigenvalue weighted by atomic mass is 32.1. The average Bonchev–Trinajstić information content (AvgIpc) is 3.06. The maximum atomic E-state index is 12.6. The number of anilines is 2. The fourth-order valence-electron chi connectivity index (χ4n) is 2.87. The van der Waals surface area contributed by atoms with Crippen molar-refractivity contribution in [1.29, 1.82) is 0 Å². The van der Waals surface area contributed by atoms with Gasteiger partial charge in [-0.1, -0.05) is 31.6 Å². The summed E-state index contributed by atoms with van der Waals surface area (Å²) in [5, 5.41) is 0.835. The molecule has 2 N–H and O–H groups in total. The van der Waals surface area contributed by atoms with Gasteiger partial charge in [0.05, 0.1) is 0 Å². The fourth-order valence-corrected chi connectivity index (χ4v) is 3.81. The summed E-state index contributed by atoms with van der Waals surface area (Å²) in [5.41, 5.74) is 5.96. The van der Waals surface area contributed by atoms with Crippen molar-refractivity contribution < 1.29 is 4.79 Å². The smallest absolute Gasteiger partial charge is 0.267 e. The number of thiazole rings is 1. The van der Waals surface area contributed by atoms with Gasteiger partial charge in [-0.2, -0.15) is 0 Å². The molecule has 0 saturated carbocycles. The first-order valence-corrected chi connectivity index (χ1v) is 8.65. The summed E-state index contributed by atoms with van der Waals surface area (Å²) >= 11 is 1.42. The Morgan fingerprint density at radius 3 is 2.90 bits per heavy atom. The minimum absolute atomic E-state index is 0.0553. The van der Waals surface area contributed by atoms with Crippen molar-refractivity contribution in [3.8, 4) is 0 Å². The van der Waals surface area contributed by atoms with E-state index < -0.39 is 0 Å². The van der Waals surface area contributed by atoms with Crippen LogP contribution in [-0.4, -0.2) is 42.5 Å². The summed E-state index contributed by atoms with van der Waals surface area (Å²) in [6, 6.07) is 0. The number of hydrogen-bond acceptors (Lipinski definition) is 5. The molecular weight excluding hydrogens is 284 g/mol. The predicted octanol–water partition coefficient (Wildman–Crippen LogP) is 2.83. The fraction of sp³-hybridized carbons (Fsp3) is 0.733. The summed E-state index contributed by atoms with van der Waals surface area (Å²) in [7, 11) is 1.99. The molecular formula is C15H26N4OS. The number of nitrogens with two attached hydrogens (primary N) is 1. The monoisotopic (exact) mass is 310 g/mol. The maximum Gasteiger partial charge on any atom is 0.267 e. The minimum atomic E-state index is 0.0553. The van der Waals surface area contributed by atoms with Crippen molar-refractivity contribution in [2.24, 2.45) is 5.92 Å². The number of likely N-dealkylation sites (tertiary alicyclic amines) is 1. The highest BCUT2D eigenvalue weighted by molar-refractivity contribution is 7.18. The van der Waals surface area contributed by atoms with Gasteiger partial charge in [0.25, 0.3) is 5.91 Å². The Balaban J connectivity index is 2.06. The largest absolute Gasteiger partial charge is 0.382 e. The quantitative estimate of drug-likeness (QED) is 0.877. The second-order valence-corrected chi connectivity index (χ2v) is 6.80. The van der Waals surface area contributed by atoms with Crippen molar-refractivity contribution in [3.05, 3.63) is 4.88 Å². The molecule has 1 amide bonds. The second-order valence-electron chi connectivity index (χ2n) is 5.83. The van der Waals surface area contributed by atoms with Crippen LogP contribution in [0, 0.1) is 5.92 Å². The number of hydrogen-bond donors (Lipinski definition) is 1. The Morgan fingerprint density at radius 2 is 2.24 bits per heavy atom. The van der Waals surface area contributed by atoms with Gasteiger partial charge < -0.3 is 15.5 Å². The Kier molecular flexibility index (Phi) is 5.45. The summed E-state index contributed by atoms with van der Waals surface area (Å²) in [6.45, 7) is 6.95. The van der Waals surface area contributed by atoms with Crippen molar-refractivity contribution in [2.45, 2.75) is 39.5 Å². The van der Waals surface area contributed by atoms with Gasteiger partial charge >= 0.3 is 0 Å². The van der Waals surface area contributed by atoms with Crippen LogP contribution in [0.2, 0.25) is 0 Å². The molecule has 1 atom stereocenters. The van der Waals surface area contributed by atoms with Crippen LogP contribution < -0.4 is 10.6 Å². The van der Waals surface area contributed by atoms with Crippen LogP contribution in [0.4, 0.5) is 10.9 Å². The molecule has 0 bridgehead atoms. The number of amides is 1.